The second kappa shape index (κ2) is 7.58. The Morgan fingerprint density at radius 3 is 2.40 bits per heavy atom. The summed E-state index contributed by atoms with van der Waals surface area (Å²) in [7, 11) is 1.72. The first-order valence-electron chi connectivity index (χ1n) is 6.71. The highest BCUT2D eigenvalue weighted by Crippen LogP contribution is 2.17. The molecule has 0 fully saturated rings. The maximum atomic E-state index is 5.16. The Hall–Kier alpha value is -1.16. The highest BCUT2D eigenvalue weighted by Gasteiger charge is 1.99. The smallest absolute Gasteiger partial charge is 0.0713 e. The maximum absolute atomic E-state index is 5.16. The summed E-state index contributed by atoms with van der Waals surface area (Å²) in [6.45, 7) is 4.52. The van der Waals surface area contributed by atoms with Crippen molar-refractivity contribution in [3.8, 4) is 0 Å². The normalized spacial score (nSPS) is 10.8. The largest absolute Gasteiger partial charge is 0.380 e. The van der Waals surface area contributed by atoms with Crippen molar-refractivity contribution in [2.75, 3.05) is 7.11 Å². The topological polar surface area (TPSA) is 21.3 Å². The lowest BCUT2D eigenvalue weighted by Gasteiger charge is -2.08. The molecule has 0 atom stereocenters. The van der Waals surface area contributed by atoms with Gasteiger partial charge < -0.3 is 10.1 Å². The Labute approximate surface area is 129 Å². The van der Waals surface area contributed by atoms with Crippen LogP contribution in [0.3, 0.4) is 0 Å². The minimum absolute atomic E-state index is 0.666. The third-order valence-corrected chi connectivity index (χ3v) is 4.07. The van der Waals surface area contributed by atoms with Gasteiger partial charge in [0.05, 0.1) is 6.61 Å². The van der Waals surface area contributed by atoms with Crippen molar-refractivity contribution in [3.63, 3.8) is 0 Å². The number of hydrogen-bond donors (Lipinski definition) is 1. The summed E-state index contributed by atoms with van der Waals surface area (Å²) < 4.78 is 6.32. The molecule has 106 valence electrons. The van der Waals surface area contributed by atoms with Gasteiger partial charge in [-0.15, -0.1) is 0 Å². The molecule has 0 unspecified atom stereocenters. The van der Waals surface area contributed by atoms with Crippen molar-refractivity contribution < 1.29 is 4.74 Å². The Kier molecular flexibility index (Phi) is 5.77. The molecule has 0 aliphatic heterocycles. The zero-order valence-electron chi connectivity index (χ0n) is 11.9. The van der Waals surface area contributed by atoms with E-state index in [2.05, 4.69) is 70.6 Å². The third-order valence-electron chi connectivity index (χ3n) is 3.18. The van der Waals surface area contributed by atoms with E-state index in [9.17, 15) is 0 Å². The summed E-state index contributed by atoms with van der Waals surface area (Å²) >= 11 is 3.52. The van der Waals surface area contributed by atoms with E-state index >= 15 is 0 Å². The Morgan fingerprint density at radius 2 is 1.70 bits per heavy atom. The van der Waals surface area contributed by atoms with Gasteiger partial charge in [-0.3, -0.25) is 0 Å². The molecule has 0 heterocycles. The number of nitrogens with one attached hydrogen (secondary N) is 1. The molecule has 0 aliphatic carbocycles. The molecule has 0 amide bonds. The van der Waals surface area contributed by atoms with Crippen LogP contribution in [0.4, 0.5) is 0 Å². The molecule has 0 saturated heterocycles. The van der Waals surface area contributed by atoms with Gasteiger partial charge in [0.1, 0.15) is 0 Å². The van der Waals surface area contributed by atoms with Crippen LogP contribution in [0.1, 0.15) is 22.3 Å². The predicted molar refractivity (Wildman–Crippen MR) is 86.6 cm³/mol. The summed E-state index contributed by atoms with van der Waals surface area (Å²) in [6.07, 6.45) is 0. The van der Waals surface area contributed by atoms with E-state index in [1.807, 2.05) is 0 Å². The van der Waals surface area contributed by atoms with Gasteiger partial charge in [0, 0.05) is 24.7 Å². The molecule has 3 heteroatoms. The van der Waals surface area contributed by atoms with Gasteiger partial charge in [-0.05, 0) is 35.2 Å². The fourth-order valence-corrected chi connectivity index (χ4v) is 2.41. The van der Waals surface area contributed by atoms with Crippen LogP contribution in [-0.2, 0) is 24.4 Å². The zero-order chi connectivity index (χ0) is 14.4. The van der Waals surface area contributed by atoms with Crippen molar-refractivity contribution in [1.29, 1.82) is 0 Å². The summed E-state index contributed by atoms with van der Waals surface area (Å²) in [4.78, 5) is 0. The van der Waals surface area contributed by atoms with Gasteiger partial charge in [0.25, 0.3) is 0 Å². The lowest BCUT2D eigenvalue weighted by atomic mass is 10.1. The molecule has 0 radical (unpaired) electrons. The minimum atomic E-state index is 0.666. The van der Waals surface area contributed by atoms with Gasteiger partial charge in [-0.2, -0.15) is 0 Å². The first-order valence-corrected chi connectivity index (χ1v) is 7.51. The molecule has 2 aromatic rings. The Balaban J connectivity index is 1.89. The zero-order valence-corrected chi connectivity index (χ0v) is 13.5. The van der Waals surface area contributed by atoms with Gasteiger partial charge in [0.15, 0.2) is 0 Å². The molecule has 0 spiro atoms. The van der Waals surface area contributed by atoms with Crippen LogP contribution in [0, 0.1) is 6.92 Å². The minimum Gasteiger partial charge on any atom is -0.380 e. The molecule has 1 N–H and O–H groups in total. The molecule has 0 aromatic heterocycles. The SMILES string of the molecule is COCc1cccc(CNCc2ccc(Br)c(C)c2)c1. The molecule has 0 saturated carbocycles. The number of hydrogen-bond acceptors (Lipinski definition) is 2. The third kappa shape index (κ3) is 4.44. The van der Waals surface area contributed by atoms with Crippen molar-refractivity contribution in [3.05, 3.63) is 69.2 Å². The van der Waals surface area contributed by atoms with E-state index < -0.39 is 0 Å². The molecule has 2 nitrogen and oxygen atoms in total. The standard InChI is InChI=1S/C17H20BrNO/c1-13-8-15(6-7-17(13)18)11-19-10-14-4-3-5-16(9-14)12-20-2/h3-9,19H,10-12H2,1-2H3. The number of methoxy groups -OCH3 is 1. The highest BCUT2D eigenvalue weighted by molar-refractivity contribution is 9.10. The van der Waals surface area contributed by atoms with Gasteiger partial charge in [-0.25, -0.2) is 0 Å². The van der Waals surface area contributed by atoms with E-state index in [-0.39, 0.29) is 0 Å². The van der Waals surface area contributed by atoms with E-state index in [4.69, 9.17) is 4.74 Å². The number of rotatable bonds is 6. The summed E-state index contributed by atoms with van der Waals surface area (Å²) in [5.41, 5.74) is 5.07. The van der Waals surface area contributed by atoms with Crippen LogP contribution < -0.4 is 5.32 Å². The predicted octanol–water partition coefficient (Wildman–Crippen LogP) is 4.19. The van der Waals surface area contributed by atoms with E-state index in [1.54, 1.807) is 7.11 Å². The Morgan fingerprint density at radius 1 is 1.00 bits per heavy atom. The fraction of sp³-hybridized carbons (Fsp3) is 0.294. The lowest BCUT2D eigenvalue weighted by molar-refractivity contribution is 0.185. The second-order valence-electron chi connectivity index (χ2n) is 4.94. The average Bonchev–Trinajstić information content (AvgIpc) is 2.44. The van der Waals surface area contributed by atoms with Crippen LogP contribution in [0.2, 0.25) is 0 Å². The maximum Gasteiger partial charge on any atom is 0.0713 e. The van der Waals surface area contributed by atoms with E-state index in [0.29, 0.717) is 6.61 Å². The van der Waals surface area contributed by atoms with Gasteiger partial charge in [0.2, 0.25) is 0 Å². The number of benzene rings is 2. The first kappa shape index (κ1) is 15.2. The molecule has 20 heavy (non-hydrogen) atoms. The number of ether oxygens (including phenoxy) is 1. The monoisotopic (exact) mass is 333 g/mol. The summed E-state index contributed by atoms with van der Waals surface area (Å²) in [5.74, 6) is 0. The lowest BCUT2D eigenvalue weighted by Crippen LogP contribution is -2.13. The fourth-order valence-electron chi connectivity index (χ4n) is 2.16. The molecule has 0 aliphatic rings. The summed E-state index contributed by atoms with van der Waals surface area (Å²) in [6, 6.07) is 14.9. The van der Waals surface area contributed by atoms with Crippen LogP contribution in [-0.4, -0.2) is 7.11 Å². The van der Waals surface area contributed by atoms with Crippen LogP contribution in [0.25, 0.3) is 0 Å². The van der Waals surface area contributed by atoms with Crippen LogP contribution >= 0.6 is 15.9 Å². The van der Waals surface area contributed by atoms with Crippen LogP contribution in [0.15, 0.2) is 46.9 Å². The van der Waals surface area contributed by atoms with E-state index in [1.165, 1.54) is 22.3 Å². The molecular formula is C17H20BrNO. The number of aryl methyl sites for hydroxylation is 1. The molecule has 2 rings (SSSR count). The molecular weight excluding hydrogens is 314 g/mol. The van der Waals surface area contributed by atoms with Gasteiger partial charge >= 0.3 is 0 Å². The quantitative estimate of drug-likeness (QED) is 0.855. The average molecular weight is 334 g/mol. The van der Waals surface area contributed by atoms with E-state index in [0.717, 1.165) is 17.6 Å². The van der Waals surface area contributed by atoms with Crippen molar-refractivity contribution in [2.45, 2.75) is 26.6 Å². The van der Waals surface area contributed by atoms with Crippen molar-refractivity contribution in [2.24, 2.45) is 0 Å². The van der Waals surface area contributed by atoms with Crippen LogP contribution in [0.5, 0.6) is 0 Å². The molecule has 2 aromatic carbocycles. The second-order valence-corrected chi connectivity index (χ2v) is 5.79. The highest BCUT2D eigenvalue weighted by atomic mass is 79.9. The molecule has 0 bridgehead atoms. The van der Waals surface area contributed by atoms with Crippen molar-refractivity contribution in [1.82, 2.24) is 5.32 Å². The summed E-state index contributed by atoms with van der Waals surface area (Å²) in [5, 5.41) is 3.48. The Bertz CT molecular complexity index is 569. The van der Waals surface area contributed by atoms with Gasteiger partial charge in [-0.1, -0.05) is 52.3 Å². The van der Waals surface area contributed by atoms with Crippen molar-refractivity contribution >= 4 is 15.9 Å². The first-order chi connectivity index (χ1) is 9.69. The number of halogens is 1.